The minimum atomic E-state index is -0.102. The smallest absolute Gasteiger partial charge is 0.229 e. The summed E-state index contributed by atoms with van der Waals surface area (Å²) in [6, 6.07) is 11.6. The molecule has 0 unspecified atom stereocenters. The van der Waals surface area contributed by atoms with Crippen LogP contribution >= 0.6 is 24.0 Å². The van der Waals surface area contributed by atoms with E-state index < -0.39 is 0 Å². The molecule has 9 heteroatoms. The highest BCUT2D eigenvalue weighted by molar-refractivity contribution is 7.80. The van der Waals surface area contributed by atoms with Crippen molar-refractivity contribution < 1.29 is 10.2 Å². The SMILES string of the molecule is C[C@H](CO)Nc1nc(Nc2ccc(S)cc2)ncc1-c1cccs1.NCCO. The van der Waals surface area contributed by atoms with E-state index in [-0.39, 0.29) is 19.3 Å². The van der Waals surface area contributed by atoms with Gasteiger partial charge < -0.3 is 26.6 Å². The van der Waals surface area contributed by atoms with Crippen LogP contribution in [0, 0.1) is 0 Å². The third-order valence-corrected chi connectivity index (χ3v) is 4.69. The molecule has 0 bridgehead atoms. The molecule has 0 saturated carbocycles. The van der Waals surface area contributed by atoms with Gasteiger partial charge in [-0.3, -0.25) is 0 Å². The molecule has 0 spiro atoms. The van der Waals surface area contributed by atoms with Gasteiger partial charge in [0, 0.05) is 34.2 Å². The zero-order valence-corrected chi connectivity index (χ0v) is 17.3. The summed E-state index contributed by atoms with van der Waals surface area (Å²) in [5, 5.41) is 25.5. The monoisotopic (exact) mass is 419 g/mol. The maximum Gasteiger partial charge on any atom is 0.229 e. The van der Waals surface area contributed by atoms with Gasteiger partial charge in [-0.1, -0.05) is 6.07 Å². The molecule has 0 aliphatic heterocycles. The Labute approximate surface area is 174 Å². The fraction of sp³-hybridized carbons (Fsp3) is 0.263. The minimum Gasteiger partial charge on any atom is -0.395 e. The lowest BCUT2D eigenvalue weighted by atomic mass is 10.2. The van der Waals surface area contributed by atoms with Gasteiger partial charge in [0.2, 0.25) is 5.95 Å². The van der Waals surface area contributed by atoms with E-state index in [4.69, 9.17) is 10.8 Å². The zero-order chi connectivity index (χ0) is 20.4. The van der Waals surface area contributed by atoms with Crippen molar-refractivity contribution in [3.8, 4) is 10.4 Å². The molecule has 0 fully saturated rings. The van der Waals surface area contributed by atoms with Gasteiger partial charge in [0.05, 0.1) is 18.8 Å². The summed E-state index contributed by atoms with van der Waals surface area (Å²) in [6.45, 7) is 2.40. The number of aromatic nitrogens is 2. The van der Waals surface area contributed by atoms with E-state index in [0.29, 0.717) is 18.3 Å². The molecule has 1 atom stereocenters. The molecule has 0 saturated heterocycles. The summed E-state index contributed by atoms with van der Waals surface area (Å²) in [5.41, 5.74) is 6.58. The molecule has 3 rings (SSSR count). The fourth-order valence-corrected chi connectivity index (χ4v) is 3.00. The van der Waals surface area contributed by atoms with E-state index in [2.05, 4.69) is 33.2 Å². The minimum absolute atomic E-state index is 0.0278. The lowest BCUT2D eigenvalue weighted by molar-refractivity contribution is 0.281. The van der Waals surface area contributed by atoms with Crippen molar-refractivity contribution >= 4 is 41.4 Å². The highest BCUT2D eigenvalue weighted by atomic mass is 32.1. The molecular weight excluding hydrogens is 394 g/mol. The van der Waals surface area contributed by atoms with Crippen LogP contribution in [0.3, 0.4) is 0 Å². The van der Waals surface area contributed by atoms with Crippen LogP contribution in [-0.4, -0.2) is 46.0 Å². The van der Waals surface area contributed by atoms with Gasteiger partial charge in [0.1, 0.15) is 5.82 Å². The summed E-state index contributed by atoms with van der Waals surface area (Å²) < 4.78 is 0. The topological polar surface area (TPSA) is 116 Å². The van der Waals surface area contributed by atoms with Gasteiger partial charge in [-0.15, -0.1) is 24.0 Å². The summed E-state index contributed by atoms with van der Waals surface area (Å²) in [5.74, 6) is 1.19. The summed E-state index contributed by atoms with van der Waals surface area (Å²) in [4.78, 5) is 11.0. The molecule has 0 amide bonds. The molecule has 2 heterocycles. The molecule has 6 N–H and O–H groups in total. The van der Waals surface area contributed by atoms with Crippen LogP contribution in [0.5, 0.6) is 0 Å². The Kier molecular flexibility index (Phi) is 9.18. The van der Waals surface area contributed by atoms with Crippen LogP contribution in [0.2, 0.25) is 0 Å². The third kappa shape index (κ3) is 6.77. The van der Waals surface area contributed by atoms with Crippen molar-refractivity contribution in [2.75, 3.05) is 30.4 Å². The Morgan fingerprint density at radius 3 is 2.50 bits per heavy atom. The predicted molar refractivity (Wildman–Crippen MR) is 119 cm³/mol. The summed E-state index contributed by atoms with van der Waals surface area (Å²) >= 11 is 5.90. The van der Waals surface area contributed by atoms with Crippen molar-refractivity contribution in [2.24, 2.45) is 5.73 Å². The van der Waals surface area contributed by atoms with Gasteiger partial charge >= 0.3 is 0 Å². The first-order valence-corrected chi connectivity index (χ1v) is 10.0. The largest absolute Gasteiger partial charge is 0.395 e. The number of nitrogens with two attached hydrogens (primary N) is 1. The number of thiol groups is 1. The normalized spacial score (nSPS) is 11.3. The maximum absolute atomic E-state index is 9.32. The lowest BCUT2D eigenvalue weighted by Gasteiger charge is -2.16. The first-order valence-electron chi connectivity index (χ1n) is 8.72. The Balaban J connectivity index is 0.000000640. The lowest BCUT2D eigenvalue weighted by Crippen LogP contribution is -2.21. The highest BCUT2D eigenvalue weighted by Gasteiger charge is 2.12. The highest BCUT2D eigenvalue weighted by Crippen LogP contribution is 2.31. The van der Waals surface area contributed by atoms with Crippen molar-refractivity contribution in [3.63, 3.8) is 0 Å². The number of benzene rings is 1. The first-order chi connectivity index (χ1) is 13.6. The van der Waals surface area contributed by atoms with Crippen molar-refractivity contribution in [2.45, 2.75) is 17.9 Å². The van der Waals surface area contributed by atoms with Crippen LogP contribution in [0.25, 0.3) is 10.4 Å². The molecular formula is C19H25N5O2S2. The predicted octanol–water partition coefficient (Wildman–Crippen LogP) is 2.97. The number of nitrogens with one attached hydrogen (secondary N) is 2. The Morgan fingerprint density at radius 2 is 1.93 bits per heavy atom. The Morgan fingerprint density at radius 1 is 1.21 bits per heavy atom. The number of anilines is 3. The fourth-order valence-electron chi connectivity index (χ4n) is 2.12. The molecule has 0 radical (unpaired) electrons. The first kappa shape index (κ1) is 22.1. The molecule has 150 valence electrons. The number of hydrogen-bond acceptors (Lipinski definition) is 9. The van der Waals surface area contributed by atoms with Crippen molar-refractivity contribution in [1.29, 1.82) is 0 Å². The number of nitrogens with zero attached hydrogens (tertiary/aromatic N) is 2. The van der Waals surface area contributed by atoms with Gasteiger partial charge in [0.15, 0.2) is 0 Å². The average Bonchev–Trinajstić information content (AvgIpc) is 3.24. The second kappa shape index (κ2) is 11.6. The molecule has 0 aliphatic rings. The van der Waals surface area contributed by atoms with E-state index in [1.165, 1.54) is 0 Å². The summed E-state index contributed by atoms with van der Waals surface area (Å²) in [6.07, 6.45) is 1.79. The van der Waals surface area contributed by atoms with E-state index >= 15 is 0 Å². The second-order valence-corrected chi connectivity index (χ2v) is 7.31. The van der Waals surface area contributed by atoms with Crippen molar-refractivity contribution in [1.82, 2.24) is 9.97 Å². The van der Waals surface area contributed by atoms with Crippen LogP contribution in [0.15, 0.2) is 52.9 Å². The standard InChI is InChI=1S/C17H18N4OS2.C2H7NO/c1-11(10-22)19-16-14(15-3-2-8-24-15)9-18-17(21-16)20-12-4-6-13(23)7-5-12;3-1-2-4/h2-9,11,22-23H,10H2,1H3,(H2,18,19,20,21);4H,1-3H2/t11-;/m1./s1. The molecule has 28 heavy (non-hydrogen) atoms. The molecule has 2 aromatic heterocycles. The van der Waals surface area contributed by atoms with E-state index in [1.807, 2.05) is 48.7 Å². The van der Waals surface area contributed by atoms with Crippen LogP contribution in [0.4, 0.5) is 17.5 Å². The molecule has 0 aliphatic carbocycles. The molecule has 7 nitrogen and oxygen atoms in total. The van der Waals surface area contributed by atoms with Crippen molar-refractivity contribution in [3.05, 3.63) is 48.0 Å². The number of hydrogen-bond donors (Lipinski definition) is 6. The Bertz CT molecular complexity index is 827. The van der Waals surface area contributed by atoms with E-state index in [0.717, 1.165) is 21.0 Å². The average molecular weight is 420 g/mol. The van der Waals surface area contributed by atoms with Gasteiger partial charge in [-0.2, -0.15) is 4.98 Å². The third-order valence-electron chi connectivity index (χ3n) is 3.48. The zero-order valence-electron chi connectivity index (χ0n) is 15.5. The van der Waals surface area contributed by atoms with Crippen LogP contribution in [-0.2, 0) is 0 Å². The van der Waals surface area contributed by atoms with Gasteiger partial charge in [0.25, 0.3) is 0 Å². The quantitative estimate of drug-likeness (QED) is 0.326. The number of aliphatic hydroxyl groups is 2. The number of rotatable bonds is 7. The summed E-state index contributed by atoms with van der Waals surface area (Å²) in [7, 11) is 0. The van der Waals surface area contributed by atoms with Gasteiger partial charge in [-0.05, 0) is 42.6 Å². The number of aliphatic hydroxyl groups excluding tert-OH is 2. The van der Waals surface area contributed by atoms with E-state index in [1.54, 1.807) is 17.5 Å². The van der Waals surface area contributed by atoms with E-state index in [9.17, 15) is 5.11 Å². The Hall–Kier alpha value is -2.17. The molecule has 3 aromatic rings. The van der Waals surface area contributed by atoms with Crippen LogP contribution < -0.4 is 16.4 Å². The molecule has 1 aromatic carbocycles. The number of thiophene rings is 1. The second-order valence-electron chi connectivity index (χ2n) is 5.85. The van der Waals surface area contributed by atoms with Crippen LogP contribution in [0.1, 0.15) is 6.92 Å². The van der Waals surface area contributed by atoms with Gasteiger partial charge in [-0.25, -0.2) is 4.98 Å². The maximum atomic E-state index is 9.32.